The molecule has 0 amide bonds. The fourth-order valence-electron chi connectivity index (χ4n) is 1.10. The van der Waals surface area contributed by atoms with Gasteiger partial charge >= 0.3 is 21.7 Å². The quantitative estimate of drug-likeness (QED) is 0.253. The van der Waals surface area contributed by atoms with Crippen LogP contribution in [0.1, 0.15) is 83.1 Å². The van der Waals surface area contributed by atoms with E-state index in [9.17, 15) is 19.8 Å². The van der Waals surface area contributed by atoms with Crippen molar-refractivity contribution < 1.29 is 66.3 Å². The summed E-state index contributed by atoms with van der Waals surface area (Å²) in [4.78, 5) is 22.9. The van der Waals surface area contributed by atoms with E-state index in [-0.39, 0.29) is 69.6 Å². The number of hydrogen-bond donors (Lipinski definition) is 0. The van der Waals surface area contributed by atoms with Crippen molar-refractivity contribution in [1.29, 1.82) is 0 Å². The van der Waals surface area contributed by atoms with Crippen LogP contribution in [0.25, 0.3) is 0 Å². The van der Waals surface area contributed by atoms with E-state index in [1.165, 1.54) is 12.2 Å². The van der Waals surface area contributed by atoms with Gasteiger partial charge in [-0.15, -0.1) is 11.5 Å². The molecule has 168 valence electrons. The van der Waals surface area contributed by atoms with E-state index >= 15 is 0 Å². The Labute approximate surface area is 205 Å². The fraction of sp³-hybridized carbons (Fsp3) is 0.727. The first-order chi connectivity index (χ1) is 11.1. The zero-order valence-electron chi connectivity index (χ0n) is 20.0. The van der Waals surface area contributed by atoms with E-state index < -0.39 is 21.7 Å². The summed E-state index contributed by atoms with van der Waals surface area (Å²) in [5.74, 6) is -0.417. The minimum atomic E-state index is -0.457. The summed E-state index contributed by atoms with van der Waals surface area (Å²) < 4.78 is 0. The standard InChI is InChI=1S/2C11H20O2.2ClH.Ti/c2*1-10(2,3)8(12)7-9(13)11(4,5)6;;;/h2*7,12H,1-6H3;2*1H;/q;;;;+4/p-4/b2*8-7-;;;. The van der Waals surface area contributed by atoms with Gasteiger partial charge in [0.05, 0.1) is 0 Å². The Hall–Kier alpha value is -0.286. The molecule has 0 fully saturated rings. The second-order valence-corrected chi connectivity index (χ2v) is 10.7. The molecule has 0 saturated heterocycles. The number of allylic oxidation sites excluding steroid dienone is 4. The monoisotopic (exact) mass is 484 g/mol. The van der Waals surface area contributed by atoms with E-state index in [1.54, 1.807) is 0 Å². The summed E-state index contributed by atoms with van der Waals surface area (Å²) in [6.45, 7) is 21.7. The summed E-state index contributed by atoms with van der Waals surface area (Å²) in [7, 11) is 0. The summed E-state index contributed by atoms with van der Waals surface area (Å²) in [5, 5.41) is 22.9. The van der Waals surface area contributed by atoms with E-state index in [4.69, 9.17) is 0 Å². The fourth-order valence-corrected chi connectivity index (χ4v) is 1.10. The molecule has 0 unspecified atom stereocenters. The van der Waals surface area contributed by atoms with Crippen LogP contribution in [0.15, 0.2) is 23.7 Å². The van der Waals surface area contributed by atoms with Crippen LogP contribution in [0.5, 0.6) is 0 Å². The second-order valence-electron chi connectivity index (χ2n) is 10.7. The molecular weight excluding hydrogens is 447 g/mol. The van der Waals surface area contributed by atoms with E-state index in [1.807, 2.05) is 83.1 Å². The van der Waals surface area contributed by atoms with Crippen LogP contribution in [-0.4, -0.2) is 11.6 Å². The molecular formula is C22H38Cl2O4Ti. The van der Waals surface area contributed by atoms with Gasteiger partial charge in [0.1, 0.15) is 0 Å². The number of ketones is 2. The van der Waals surface area contributed by atoms with Crippen molar-refractivity contribution in [3.63, 3.8) is 0 Å². The van der Waals surface area contributed by atoms with E-state index in [2.05, 4.69) is 0 Å². The molecule has 0 aliphatic carbocycles. The van der Waals surface area contributed by atoms with Crippen LogP contribution in [0.2, 0.25) is 0 Å². The van der Waals surface area contributed by atoms with Crippen molar-refractivity contribution >= 4 is 11.6 Å². The average Bonchev–Trinajstić information content (AvgIpc) is 2.34. The van der Waals surface area contributed by atoms with Crippen LogP contribution in [-0.2, 0) is 31.3 Å². The maximum Gasteiger partial charge on any atom is 4.00 e. The smallest absolute Gasteiger partial charge is 1.00 e. The van der Waals surface area contributed by atoms with Crippen LogP contribution in [0.3, 0.4) is 0 Å². The summed E-state index contributed by atoms with van der Waals surface area (Å²) in [5.41, 5.74) is -1.83. The van der Waals surface area contributed by atoms with Crippen LogP contribution < -0.4 is 35.0 Å². The third-order valence-electron chi connectivity index (χ3n) is 3.48. The Bertz CT molecular complexity index is 516. The molecule has 0 aromatic carbocycles. The van der Waals surface area contributed by atoms with Gasteiger partial charge in [-0.3, -0.25) is 9.59 Å². The summed E-state index contributed by atoms with van der Waals surface area (Å²) >= 11 is 0. The second kappa shape index (κ2) is 13.9. The van der Waals surface area contributed by atoms with E-state index in [0.717, 1.165) is 0 Å². The zero-order chi connectivity index (χ0) is 21.7. The molecule has 0 N–H and O–H groups in total. The third kappa shape index (κ3) is 18.2. The van der Waals surface area contributed by atoms with Crippen molar-refractivity contribution in [2.45, 2.75) is 83.1 Å². The average molecular weight is 485 g/mol. The maximum atomic E-state index is 11.4. The minimum absolute atomic E-state index is 0. The predicted molar refractivity (Wildman–Crippen MR) is 104 cm³/mol. The zero-order valence-corrected chi connectivity index (χ0v) is 23.1. The molecule has 0 radical (unpaired) electrons. The first-order valence-electron chi connectivity index (χ1n) is 8.97. The van der Waals surface area contributed by atoms with Crippen LogP contribution in [0.4, 0.5) is 0 Å². The molecule has 0 rings (SSSR count). The topological polar surface area (TPSA) is 80.3 Å². The molecule has 29 heavy (non-hydrogen) atoms. The predicted octanol–water partition coefficient (Wildman–Crippen LogP) is -2.21. The Morgan fingerprint density at radius 1 is 0.517 bits per heavy atom. The molecule has 4 nitrogen and oxygen atoms in total. The SMILES string of the molecule is CC(C)(C)C(=O)/C=C(\[O-])C(C)(C)C.CC(C)(C)C(=O)/C=C(\[O-])C(C)(C)C.[Cl-].[Cl-].[Ti+4]. The first-order valence-corrected chi connectivity index (χ1v) is 8.97. The van der Waals surface area contributed by atoms with Crippen LogP contribution >= 0.6 is 0 Å². The van der Waals surface area contributed by atoms with Crippen molar-refractivity contribution in [1.82, 2.24) is 0 Å². The van der Waals surface area contributed by atoms with Crippen molar-refractivity contribution in [2.24, 2.45) is 21.7 Å². The van der Waals surface area contributed by atoms with Gasteiger partial charge in [-0.25, -0.2) is 0 Å². The molecule has 0 bridgehead atoms. The molecule has 0 heterocycles. The number of carbonyl (C=O) groups excluding carboxylic acids is 2. The van der Waals surface area contributed by atoms with Gasteiger partial charge < -0.3 is 35.0 Å². The Kier molecular flexibility index (Phi) is 18.8. The van der Waals surface area contributed by atoms with Gasteiger partial charge in [0, 0.05) is 10.8 Å². The summed E-state index contributed by atoms with van der Waals surface area (Å²) in [6, 6.07) is 0. The third-order valence-corrected chi connectivity index (χ3v) is 3.48. The number of halogens is 2. The Balaban J connectivity index is -0.000000120. The van der Waals surface area contributed by atoms with Gasteiger partial charge in [0.2, 0.25) is 0 Å². The molecule has 0 atom stereocenters. The van der Waals surface area contributed by atoms with Crippen LogP contribution in [0, 0.1) is 21.7 Å². The van der Waals surface area contributed by atoms with Gasteiger partial charge in [0.15, 0.2) is 11.6 Å². The Morgan fingerprint density at radius 3 is 0.793 bits per heavy atom. The Morgan fingerprint density at radius 2 is 0.690 bits per heavy atom. The molecule has 0 saturated carbocycles. The molecule has 0 aliphatic rings. The normalized spacial score (nSPS) is 13.0. The van der Waals surface area contributed by atoms with Gasteiger partial charge in [0.25, 0.3) is 0 Å². The van der Waals surface area contributed by atoms with Crippen molar-refractivity contribution in [3.05, 3.63) is 23.7 Å². The minimum Gasteiger partial charge on any atom is -1.00 e. The van der Waals surface area contributed by atoms with Gasteiger partial charge in [-0.05, 0) is 23.0 Å². The van der Waals surface area contributed by atoms with Crippen molar-refractivity contribution in [3.8, 4) is 0 Å². The summed E-state index contributed by atoms with van der Waals surface area (Å²) in [6.07, 6.45) is 2.44. The number of carbonyl (C=O) groups is 2. The molecule has 0 aliphatic heterocycles. The number of rotatable bonds is 2. The molecule has 0 aromatic rings. The van der Waals surface area contributed by atoms with E-state index in [0.29, 0.717) is 0 Å². The molecule has 0 spiro atoms. The van der Waals surface area contributed by atoms with Gasteiger partial charge in [-0.1, -0.05) is 83.1 Å². The largest absolute Gasteiger partial charge is 4.00 e. The molecule has 0 aromatic heterocycles. The first kappa shape index (κ1) is 39.2. The number of hydrogen-bond acceptors (Lipinski definition) is 4. The molecule has 7 heteroatoms. The van der Waals surface area contributed by atoms with Crippen molar-refractivity contribution in [2.75, 3.05) is 0 Å². The van der Waals surface area contributed by atoms with Gasteiger partial charge in [-0.2, -0.15) is 0 Å². The maximum absolute atomic E-state index is 11.4.